The van der Waals surface area contributed by atoms with Gasteiger partial charge in [-0.3, -0.25) is 4.79 Å². The Morgan fingerprint density at radius 1 is 1.39 bits per heavy atom. The van der Waals surface area contributed by atoms with Crippen LogP contribution in [0.3, 0.4) is 0 Å². The normalized spacial score (nSPS) is 17.7. The van der Waals surface area contributed by atoms with Crippen LogP contribution in [0.25, 0.3) is 0 Å². The Morgan fingerprint density at radius 2 is 2.09 bits per heavy atom. The van der Waals surface area contributed by atoms with E-state index < -0.39 is 24.2 Å². The van der Waals surface area contributed by atoms with Crippen LogP contribution in [0, 0.1) is 18.3 Å². The summed E-state index contributed by atoms with van der Waals surface area (Å²) in [6.45, 7) is 3.73. The summed E-state index contributed by atoms with van der Waals surface area (Å²) in [6, 6.07) is 8.19. The highest BCUT2D eigenvalue weighted by Gasteiger charge is 2.47. The van der Waals surface area contributed by atoms with Crippen LogP contribution >= 0.6 is 22.9 Å². The SMILES string of the molecule is CCc1c(C)sc(NC(=O)c2nn3c(c2Cl)NC(c2ccccc2)CC3C(F)(F)F)c1C#N. The van der Waals surface area contributed by atoms with E-state index in [0.717, 1.165) is 15.1 Å². The molecule has 0 radical (unpaired) electrons. The Kier molecular flexibility index (Phi) is 6.12. The third-order valence-electron chi connectivity index (χ3n) is 5.61. The number of fused-ring (bicyclic) bond motifs is 1. The van der Waals surface area contributed by atoms with Gasteiger partial charge in [-0.15, -0.1) is 11.3 Å². The maximum Gasteiger partial charge on any atom is 0.410 e. The summed E-state index contributed by atoms with van der Waals surface area (Å²) in [5.74, 6) is -0.845. The number of benzene rings is 1. The van der Waals surface area contributed by atoms with Crippen molar-refractivity contribution in [3.05, 3.63) is 62.6 Å². The van der Waals surface area contributed by atoms with Gasteiger partial charge in [0.15, 0.2) is 11.7 Å². The average molecular weight is 494 g/mol. The number of aryl methyl sites for hydroxylation is 1. The average Bonchev–Trinajstić information content (AvgIpc) is 3.28. The first kappa shape index (κ1) is 23.1. The molecule has 0 saturated carbocycles. The summed E-state index contributed by atoms with van der Waals surface area (Å²) in [5, 5.41) is 19.2. The van der Waals surface area contributed by atoms with Crippen molar-refractivity contribution in [2.45, 2.75) is 44.9 Å². The fourth-order valence-corrected chi connectivity index (χ4v) is 5.37. The van der Waals surface area contributed by atoms with Crippen LogP contribution in [0.2, 0.25) is 5.02 Å². The molecule has 3 aromatic rings. The van der Waals surface area contributed by atoms with Crippen LogP contribution < -0.4 is 10.6 Å². The highest BCUT2D eigenvalue weighted by atomic mass is 35.5. The summed E-state index contributed by atoms with van der Waals surface area (Å²) in [5.41, 5.74) is 1.48. The highest BCUT2D eigenvalue weighted by Crippen LogP contribution is 2.46. The molecule has 2 N–H and O–H groups in total. The first-order valence-electron chi connectivity index (χ1n) is 10.2. The van der Waals surface area contributed by atoms with Crippen LogP contribution in [-0.4, -0.2) is 21.9 Å². The van der Waals surface area contributed by atoms with Gasteiger partial charge in [0, 0.05) is 11.3 Å². The Balaban J connectivity index is 1.72. The van der Waals surface area contributed by atoms with E-state index in [-0.39, 0.29) is 23.0 Å². The van der Waals surface area contributed by atoms with E-state index in [4.69, 9.17) is 11.6 Å². The van der Waals surface area contributed by atoms with Gasteiger partial charge in [-0.25, -0.2) is 4.68 Å². The molecular formula is C22H19ClF3N5OS. The molecular weight excluding hydrogens is 475 g/mol. The number of aromatic nitrogens is 2. The molecule has 1 aliphatic rings. The summed E-state index contributed by atoms with van der Waals surface area (Å²) in [6.07, 6.45) is -4.29. The fourth-order valence-electron chi connectivity index (χ4n) is 4.01. The molecule has 2 atom stereocenters. The Bertz CT molecular complexity index is 1250. The second kappa shape index (κ2) is 8.72. The molecule has 1 aliphatic heterocycles. The third kappa shape index (κ3) is 4.18. The van der Waals surface area contributed by atoms with Crippen molar-refractivity contribution in [2.75, 3.05) is 10.6 Å². The molecule has 2 unspecified atom stereocenters. The van der Waals surface area contributed by atoms with Gasteiger partial charge in [0.2, 0.25) is 0 Å². The first-order valence-corrected chi connectivity index (χ1v) is 11.3. The first-order chi connectivity index (χ1) is 15.7. The molecule has 11 heteroatoms. The number of nitrogens with zero attached hydrogens (tertiary/aromatic N) is 3. The van der Waals surface area contributed by atoms with Crippen molar-refractivity contribution >= 4 is 39.7 Å². The monoisotopic (exact) mass is 493 g/mol. The molecule has 2 aromatic heterocycles. The van der Waals surface area contributed by atoms with Gasteiger partial charge in [0.1, 0.15) is 21.9 Å². The van der Waals surface area contributed by atoms with E-state index >= 15 is 0 Å². The lowest BCUT2D eigenvalue weighted by atomic mass is 9.97. The van der Waals surface area contributed by atoms with Gasteiger partial charge in [0.05, 0.1) is 11.6 Å². The van der Waals surface area contributed by atoms with E-state index in [1.165, 1.54) is 11.3 Å². The lowest BCUT2D eigenvalue weighted by Gasteiger charge is -2.33. The van der Waals surface area contributed by atoms with Crippen molar-refractivity contribution in [3.8, 4) is 6.07 Å². The Hall–Kier alpha value is -3.03. The zero-order valence-corrected chi connectivity index (χ0v) is 19.2. The zero-order chi connectivity index (χ0) is 23.9. The predicted molar refractivity (Wildman–Crippen MR) is 121 cm³/mol. The van der Waals surface area contributed by atoms with Crippen LogP contribution in [-0.2, 0) is 6.42 Å². The smallest absolute Gasteiger partial charge is 0.362 e. The molecule has 0 saturated heterocycles. The highest BCUT2D eigenvalue weighted by molar-refractivity contribution is 7.16. The lowest BCUT2D eigenvalue weighted by Crippen LogP contribution is -2.35. The number of anilines is 2. The maximum absolute atomic E-state index is 13.9. The minimum atomic E-state index is -4.60. The second-order valence-electron chi connectivity index (χ2n) is 7.62. The van der Waals surface area contributed by atoms with Crippen molar-refractivity contribution in [1.29, 1.82) is 5.26 Å². The largest absolute Gasteiger partial charge is 0.410 e. The molecule has 1 amide bonds. The number of nitriles is 1. The molecule has 0 spiro atoms. The van der Waals surface area contributed by atoms with Crippen LogP contribution in [0.5, 0.6) is 0 Å². The zero-order valence-electron chi connectivity index (χ0n) is 17.6. The van der Waals surface area contributed by atoms with E-state index in [9.17, 15) is 23.2 Å². The quantitative estimate of drug-likeness (QED) is 0.450. The standard InChI is InChI=1S/C22H19ClF3N5OS/c1-3-13-11(2)33-21(14(13)10-27)29-20(32)18-17(23)19-28-15(12-7-5-4-6-8-12)9-16(22(24,25)26)31(19)30-18/h4-8,15-16,28H,3,9H2,1-2H3,(H,29,32). The van der Waals surface area contributed by atoms with Gasteiger partial charge in [-0.2, -0.15) is 23.5 Å². The molecule has 0 bridgehead atoms. The Morgan fingerprint density at radius 3 is 2.70 bits per heavy atom. The van der Waals surface area contributed by atoms with Crippen molar-refractivity contribution in [2.24, 2.45) is 0 Å². The van der Waals surface area contributed by atoms with Crippen molar-refractivity contribution in [1.82, 2.24) is 9.78 Å². The van der Waals surface area contributed by atoms with E-state index in [1.807, 2.05) is 13.8 Å². The van der Waals surface area contributed by atoms with Gasteiger partial charge in [-0.05, 0) is 24.5 Å². The number of hydrogen-bond donors (Lipinski definition) is 2. The van der Waals surface area contributed by atoms with Gasteiger partial charge in [0.25, 0.3) is 5.91 Å². The van der Waals surface area contributed by atoms with Gasteiger partial charge >= 0.3 is 6.18 Å². The molecule has 33 heavy (non-hydrogen) atoms. The summed E-state index contributed by atoms with van der Waals surface area (Å²) in [7, 11) is 0. The Labute approximate surface area is 197 Å². The maximum atomic E-state index is 13.9. The third-order valence-corrected chi connectivity index (χ3v) is 7.03. The van der Waals surface area contributed by atoms with E-state index in [2.05, 4.69) is 21.8 Å². The molecule has 0 fully saturated rings. The molecule has 0 aliphatic carbocycles. The van der Waals surface area contributed by atoms with Crippen LogP contribution in [0.1, 0.15) is 57.5 Å². The second-order valence-corrected chi connectivity index (χ2v) is 9.22. The topological polar surface area (TPSA) is 82.7 Å². The number of halogens is 4. The van der Waals surface area contributed by atoms with Crippen LogP contribution in [0.15, 0.2) is 30.3 Å². The molecule has 3 heterocycles. The summed E-state index contributed by atoms with van der Waals surface area (Å²) >= 11 is 7.60. The lowest BCUT2D eigenvalue weighted by molar-refractivity contribution is -0.173. The van der Waals surface area contributed by atoms with Crippen LogP contribution in [0.4, 0.5) is 24.0 Å². The number of thiophene rings is 1. The number of amides is 1. The fraction of sp³-hybridized carbons (Fsp3) is 0.318. The minimum Gasteiger partial charge on any atom is -0.362 e. The summed E-state index contributed by atoms with van der Waals surface area (Å²) in [4.78, 5) is 13.8. The van der Waals surface area contributed by atoms with E-state index in [1.54, 1.807) is 30.3 Å². The van der Waals surface area contributed by atoms with Gasteiger partial charge in [-0.1, -0.05) is 48.9 Å². The summed E-state index contributed by atoms with van der Waals surface area (Å²) < 4.78 is 42.5. The number of carbonyl (C=O) groups is 1. The molecule has 172 valence electrons. The number of hydrogen-bond acceptors (Lipinski definition) is 5. The van der Waals surface area contributed by atoms with E-state index in [0.29, 0.717) is 22.5 Å². The molecule has 1 aromatic carbocycles. The number of nitrogens with one attached hydrogen (secondary N) is 2. The molecule has 6 nitrogen and oxygen atoms in total. The molecule has 4 rings (SSSR count). The number of alkyl halides is 3. The van der Waals surface area contributed by atoms with Gasteiger partial charge < -0.3 is 10.6 Å². The predicted octanol–water partition coefficient (Wildman–Crippen LogP) is 6.25. The minimum absolute atomic E-state index is 0.0682. The number of carbonyl (C=O) groups excluding carboxylic acids is 1. The van der Waals surface area contributed by atoms with Crippen molar-refractivity contribution < 1.29 is 18.0 Å². The number of rotatable bonds is 4. The van der Waals surface area contributed by atoms with Crippen molar-refractivity contribution in [3.63, 3.8) is 0 Å².